The van der Waals surface area contributed by atoms with Crippen molar-refractivity contribution in [2.45, 2.75) is 38.6 Å². The van der Waals surface area contributed by atoms with Gasteiger partial charge in [-0.1, -0.05) is 0 Å². The maximum absolute atomic E-state index is 12.6. The Kier molecular flexibility index (Phi) is 5.59. The SMILES string of the molecule is CCOC(=O)C1CCN(S(=O)(=O)N2CCC[C@@H](N)C2)CC1. The summed E-state index contributed by atoms with van der Waals surface area (Å²) in [7, 11) is -3.44. The van der Waals surface area contributed by atoms with Crippen molar-refractivity contribution < 1.29 is 17.9 Å². The molecule has 2 heterocycles. The predicted molar refractivity (Wildman–Crippen MR) is 78.6 cm³/mol. The van der Waals surface area contributed by atoms with Crippen LogP contribution >= 0.6 is 0 Å². The van der Waals surface area contributed by atoms with Crippen molar-refractivity contribution in [1.82, 2.24) is 8.61 Å². The molecular weight excluding hydrogens is 294 g/mol. The van der Waals surface area contributed by atoms with Crippen LogP contribution in [0.4, 0.5) is 0 Å². The highest BCUT2D eigenvalue weighted by Gasteiger charge is 2.36. The van der Waals surface area contributed by atoms with Crippen molar-refractivity contribution in [3.8, 4) is 0 Å². The molecule has 2 aliphatic heterocycles. The molecule has 2 rings (SSSR count). The van der Waals surface area contributed by atoms with Crippen LogP contribution in [0.25, 0.3) is 0 Å². The van der Waals surface area contributed by atoms with Crippen molar-refractivity contribution in [3.63, 3.8) is 0 Å². The fourth-order valence-corrected chi connectivity index (χ4v) is 4.67. The summed E-state index contributed by atoms with van der Waals surface area (Å²) in [4.78, 5) is 11.7. The Morgan fingerprint density at radius 3 is 2.43 bits per heavy atom. The fraction of sp³-hybridized carbons (Fsp3) is 0.923. The molecule has 2 N–H and O–H groups in total. The first-order valence-electron chi connectivity index (χ1n) is 7.62. The Hall–Kier alpha value is -0.700. The molecule has 0 aliphatic carbocycles. The van der Waals surface area contributed by atoms with Gasteiger partial charge in [0.2, 0.25) is 0 Å². The second kappa shape index (κ2) is 7.04. The number of ether oxygens (including phenoxy) is 1. The minimum atomic E-state index is -3.44. The summed E-state index contributed by atoms with van der Waals surface area (Å²) in [5.41, 5.74) is 5.86. The summed E-state index contributed by atoms with van der Waals surface area (Å²) in [6.07, 6.45) is 2.73. The second-order valence-electron chi connectivity index (χ2n) is 5.69. The molecule has 2 saturated heterocycles. The molecule has 0 radical (unpaired) electrons. The van der Waals surface area contributed by atoms with E-state index in [-0.39, 0.29) is 17.9 Å². The van der Waals surface area contributed by atoms with Crippen LogP contribution in [0.3, 0.4) is 0 Å². The van der Waals surface area contributed by atoms with E-state index < -0.39 is 10.2 Å². The number of hydrogen-bond donors (Lipinski definition) is 1. The van der Waals surface area contributed by atoms with E-state index in [9.17, 15) is 13.2 Å². The highest BCUT2D eigenvalue weighted by Crippen LogP contribution is 2.24. The van der Waals surface area contributed by atoms with Crippen LogP contribution in [-0.2, 0) is 19.7 Å². The smallest absolute Gasteiger partial charge is 0.309 e. The first-order valence-corrected chi connectivity index (χ1v) is 9.02. The highest BCUT2D eigenvalue weighted by atomic mass is 32.2. The van der Waals surface area contributed by atoms with Crippen molar-refractivity contribution in [3.05, 3.63) is 0 Å². The molecule has 2 fully saturated rings. The molecule has 7 nitrogen and oxygen atoms in total. The maximum atomic E-state index is 12.6. The molecule has 0 aromatic heterocycles. The average Bonchev–Trinajstić information content (AvgIpc) is 2.47. The Balaban J connectivity index is 1.93. The Morgan fingerprint density at radius 1 is 1.19 bits per heavy atom. The molecule has 2 aliphatic rings. The summed E-state index contributed by atoms with van der Waals surface area (Å²) < 4.78 is 33.1. The lowest BCUT2D eigenvalue weighted by Gasteiger charge is -2.37. The molecule has 21 heavy (non-hydrogen) atoms. The highest BCUT2D eigenvalue weighted by molar-refractivity contribution is 7.86. The van der Waals surface area contributed by atoms with Crippen LogP contribution in [0, 0.1) is 5.92 Å². The zero-order chi connectivity index (χ0) is 15.5. The van der Waals surface area contributed by atoms with Crippen molar-refractivity contribution in [1.29, 1.82) is 0 Å². The van der Waals surface area contributed by atoms with Gasteiger partial charge in [-0.05, 0) is 32.6 Å². The number of piperidine rings is 2. The molecule has 1 atom stereocenters. The molecule has 0 bridgehead atoms. The molecule has 0 aromatic rings. The third-order valence-corrected chi connectivity index (χ3v) is 6.15. The Morgan fingerprint density at radius 2 is 1.86 bits per heavy atom. The molecule has 0 spiro atoms. The Bertz CT molecular complexity index is 460. The zero-order valence-electron chi connectivity index (χ0n) is 12.5. The van der Waals surface area contributed by atoms with Crippen molar-refractivity contribution in [2.75, 3.05) is 32.8 Å². The first kappa shape index (κ1) is 16.7. The third-order valence-electron chi connectivity index (χ3n) is 4.15. The molecule has 122 valence electrons. The van der Waals surface area contributed by atoms with Gasteiger partial charge in [-0.15, -0.1) is 0 Å². The van der Waals surface area contributed by atoms with Crippen LogP contribution < -0.4 is 5.73 Å². The Labute approximate surface area is 126 Å². The molecular formula is C13H25N3O4S. The van der Waals surface area contributed by atoms with E-state index in [1.165, 1.54) is 8.61 Å². The van der Waals surface area contributed by atoms with E-state index >= 15 is 0 Å². The van der Waals surface area contributed by atoms with Gasteiger partial charge in [0, 0.05) is 32.2 Å². The number of carbonyl (C=O) groups is 1. The minimum Gasteiger partial charge on any atom is -0.466 e. The number of nitrogens with two attached hydrogens (primary N) is 1. The van der Waals surface area contributed by atoms with Crippen LogP contribution in [0.1, 0.15) is 32.6 Å². The summed E-state index contributed by atoms with van der Waals surface area (Å²) >= 11 is 0. The lowest BCUT2D eigenvalue weighted by molar-refractivity contribution is -0.149. The molecule has 0 aromatic carbocycles. The van der Waals surface area contributed by atoms with Crippen LogP contribution in [-0.4, -0.2) is 61.8 Å². The van der Waals surface area contributed by atoms with Crippen LogP contribution in [0.2, 0.25) is 0 Å². The number of carbonyl (C=O) groups excluding carboxylic acids is 1. The van der Waals surface area contributed by atoms with Gasteiger partial charge in [-0.2, -0.15) is 17.0 Å². The average molecular weight is 319 g/mol. The maximum Gasteiger partial charge on any atom is 0.309 e. The number of rotatable bonds is 4. The normalized spacial score (nSPS) is 26.7. The van der Waals surface area contributed by atoms with Gasteiger partial charge < -0.3 is 10.5 Å². The first-order chi connectivity index (χ1) is 9.95. The number of hydrogen-bond acceptors (Lipinski definition) is 5. The number of nitrogens with zero attached hydrogens (tertiary/aromatic N) is 2. The predicted octanol–water partition coefficient (Wildman–Crippen LogP) is -0.0706. The van der Waals surface area contributed by atoms with E-state index in [0.29, 0.717) is 45.6 Å². The van der Waals surface area contributed by atoms with Crippen LogP contribution in [0.15, 0.2) is 0 Å². The van der Waals surface area contributed by atoms with E-state index in [1.54, 1.807) is 6.92 Å². The summed E-state index contributed by atoms with van der Waals surface area (Å²) in [6, 6.07) is -0.0782. The van der Waals surface area contributed by atoms with Gasteiger partial charge >= 0.3 is 5.97 Å². The zero-order valence-corrected chi connectivity index (χ0v) is 13.3. The lowest BCUT2D eigenvalue weighted by Crippen LogP contribution is -2.53. The number of esters is 1. The topological polar surface area (TPSA) is 92.9 Å². The van der Waals surface area contributed by atoms with Gasteiger partial charge in [0.25, 0.3) is 10.2 Å². The molecule has 0 saturated carbocycles. The van der Waals surface area contributed by atoms with E-state index in [2.05, 4.69) is 0 Å². The standard InChI is InChI=1S/C13H25N3O4S/c1-2-20-13(17)11-5-8-15(9-6-11)21(18,19)16-7-3-4-12(14)10-16/h11-12H,2-10,14H2,1H3/t12-/m1/s1. The van der Waals surface area contributed by atoms with E-state index in [4.69, 9.17) is 10.5 Å². The monoisotopic (exact) mass is 319 g/mol. The van der Waals surface area contributed by atoms with Crippen molar-refractivity contribution in [2.24, 2.45) is 11.7 Å². The van der Waals surface area contributed by atoms with Gasteiger partial charge in [0.1, 0.15) is 0 Å². The summed E-state index contributed by atoms with van der Waals surface area (Å²) in [5, 5.41) is 0. The van der Waals surface area contributed by atoms with E-state index in [0.717, 1.165) is 12.8 Å². The minimum absolute atomic E-state index is 0.0782. The molecule has 0 amide bonds. The molecule has 0 unspecified atom stereocenters. The lowest BCUT2D eigenvalue weighted by atomic mass is 9.98. The van der Waals surface area contributed by atoms with Gasteiger partial charge in [-0.3, -0.25) is 4.79 Å². The van der Waals surface area contributed by atoms with E-state index in [1.807, 2.05) is 0 Å². The van der Waals surface area contributed by atoms with Crippen molar-refractivity contribution >= 4 is 16.2 Å². The second-order valence-corrected chi connectivity index (χ2v) is 7.62. The summed E-state index contributed by atoms with van der Waals surface area (Å²) in [5.74, 6) is -0.394. The third kappa shape index (κ3) is 3.94. The van der Waals surface area contributed by atoms with Gasteiger partial charge in [-0.25, -0.2) is 0 Å². The largest absolute Gasteiger partial charge is 0.466 e. The fourth-order valence-electron chi connectivity index (χ4n) is 2.93. The van der Waals surface area contributed by atoms with Crippen LogP contribution in [0.5, 0.6) is 0 Å². The van der Waals surface area contributed by atoms with Gasteiger partial charge in [0.15, 0.2) is 0 Å². The quantitative estimate of drug-likeness (QED) is 0.732. The van der Waals surface area contributed by atoms with Gasteiger partial charge in [0.05, 0.1) is 12.5 Å². The molecule has 8 heteroatoms. The summed E-state index contributed by atoms with van der Waals surface area (Å²) in [6.45, 7) is 3.81.